The summed E-state index contributed by atoms with van der Waals surface area (Å²) in [5, 5.41) is 3.20. The van der Waals surface area contributed by atoms with Gasteiger partial charge in [-0.2, -0.15) is 0 Å². The molecule has 1 aliphatic rings. The second-order valence-electron chi connectivity index (χ2n) is 7.88. The molecule has 5 nitrogen and oxygen atoms in total. The number of methoxy groups -OCH3 is 1. The minimum Gasteiger partial charge on any atom is -0.493 e. The number of benzene rings is 1. The number of aryl methyl sites for hydroxylation is 1. The summed E-state index contributed by atoms with van der Waals surface area (Å²) in [7, 11) is 1.66. The van der Waals surface area contributed by atoms with Crippen molar-refractivity contribution in [3.63, 3.8) is 0 Å². The molecule has 0 bridgehead atoms. The Morgan fingerprint density at radius 2 is 1.86 bits per heavy atom. The second kappa shape index (κ2) is 11.9. The standard InChI is InChI=1S/C23H38N2O3/c1-5-25(6-2)15-16-28-21-13-9-19(17-22(21)27-4)10-14-23(26)24-20-11-7-18(3)8-12-20/h9,13,17-18,20H,5-8,10-12,14-16H2,1-4H3,(H,24,26). The van der Waals surface area contributed by atoms with Gasteiger partial charge in [0.05, 0.1) is 7.11 Å². The van der Waals surface area contributed by atoms with E-state index in [2.05, 4.69) is 31.0 Å². The lowest BCUT2D eigenvalue weighted by molar-refractivity contribution is -0.122. The van der Waals surface area contributed by atoms with Crippen LogP contribution in [0.5, 0.6) is 11.5 Å². The monoisotopic (exact) mass is 390 g/mol. The molecule has 0 saturated heterocycles. The first-order valence-corrected chi connectivity index (χ1v) is 10.9. The van der Waals surface area contributed by atoms with Gasteiger partial charge in [-0.25, -0.2) is 0 Å². The topological polar surface area (TPSA) is 50.8 Å². The van der Waals surface area contributed by atoms with Crippen LogP contribution in [0.25, 0.3) is 0 Å². The van der Waals surface area contributed by atoms with E-state index >= 15 is 0 Å². The summed E-state index contributed by atoms with van der Waals surface area (Å²) >= 11 is 0. The van der Waals surface area contributed by atoms with E-state index < -0.39 is 0 Å². The van der Waals surface area contributed by atoms with Gasteiger partial charge in [0, 0.05) is 19.0 Å². The van der Waals surface area contributed by atoms with Gasteiger partial charge in [0.25, 0.3) is 0 Å². The third-order valence-electron chi connectivity index (χ3n) is 5.81. The highest BCUT2D eigenvalue weighted by Gasteiger charge is 2.19. The number of nitrogens with zero attached hydrogens (tertiary/aromatic N) is 1. The molecule has 1 saturated carbocycles. The zero-order valence-electron chi connectivity index (χ0n) is 18.1. The number of likely N-dealkylation sites (N-methyl/N-ethyl adjacent to an activating group) is 1. The molecule has 0 aromatic heterocycles. The normalized spacial score (nSPS) is 19.5. The van der Waals surface area contributed by atoms with Gasteiger partial charge in [-0.15, -0.1) is 0 Å². The van der Waals surface area contributed by atoms with Gasteiger partial charge in [0.2, 0.25) is 5.91 Å². The Morgan fingerprint density at radius 3 is 2.50 bits per heavy atom. The van der Waals surface area contributed by atoms with E-state index in [1.165, 1.54) is 12.8 Å². The molecule has 0 spiro atoms. The van der Waals surface area contributed by atoms with E-state index in [1.807, 2.05) is 18.2 Å². The number of hydrogen-bond donors (Lipinski definition) is 1. The largest absolute Gasteiger partial charge is 0.493 e. The van der Waals surface area contributed by atoms with Gasteiger partial charge in [-0.3, -0.25) is 4.79 Å². The Hall–Kier alpha value is -1.75. The lowest BCUT2D eigenvalue weighted by atomic mass is 9.87. The molecule has 1 aliphatic carbocycles. The molecule has 0 atom stereocenters. The summed E-state index contributed by atoms with van der Waals surface area (Å²) in [6.07, 6.45) is 5.89. The smallest absolute Gasteiger partial charge is 0.220 e. The number of carbonyl (C=O) groups excluding carboxylic acids is 1. The van der Waals surface area contributed by atoms with Crippen LogP contribution < -0.4 is 14.8 Å². The summed E-state index contributed by atoms with van der Waals surface area (Å²) in [6, 6.07) is 6.34. The van der Waals surface area contributed by atoms with Crippen molar-refractivity contribution >= 4 is 5.91 Å². The average molecular weight is 391 g/mol. The molecular weight excluding hydrogens is 352 g/mol. The van der Waals surface area contributed by atoms with Gasteiger partial charge in [0.1, 0.15) is 6.61 Å². The van der Waals surface area contributed by atoms with Crippen LogP contribution in [0.4, 0.5) is 0 Å². The van der Waals surface area contributed by atoms with E-state index in [-0.39, 0.29) is 5.91 Å². The Labute approximate surface area is 170 Å². The zero-order valence-corrected chi connectivity index (χ0v) is 18.1. The van der Waals surface area contributed by atoms with Crippen molar-refractivity contribution in [3.05, 3.63) is 23.8 Å². The lowest BCUT2D eigenvalue weighted by Crippen LogP contribution is -2.37. The fraction of sp³-hybridized carbons (Fsp3) is 0.696. The molecule has 1 N–H and O–H groups in total. The van der Waals surface area contributed by atoms with Crippen molar-refractivity contribution < 1.29 is 14.3 Å². The van der Waals surface area contributed by atoms with E-state index in [0.29, 0.717) is 25.5 Å². The minimum atomic E-state index is 0.151. The summed E-state index contributed by atoms with van der Waals surface area (Å²) < 4.78 is 11.4. The van der Waals surface area contributed by atoms with Crippen LogP contribution >= 0.6 is 0 Å². The van der Waals surface area contributed by atoms with Crippen LogP contribution in [0.1, 0.15) is 58.4 Å². The van der Waals surface area contributed by atoms with Gasteiger partial charge in [0.15, 0.2) is 11.5 Å². The highest BCUT2D eigenvalue weighted by atomic mass is 16.5. The average Bonchev–Trinajstić information content (AvgIpc) is 2.72. The van der Waals surface area contributed by atoms with Crippen LogP contribution in [0.2, 0.25) is 0 Å². The fourth-order valence-electron chi connectivity index (χ4n) is 3.77. The first kappa shape index (κ1) is 22.5. The van der Waals surface area contributed by atoms with Crippen LogP contribution in [-0.2, 0) is 11.2 Å². The van der Waals surface area contributed by atoms with Crippen molar-refractivity contribution in [1.29, 1.82) is 0 Å². The highest BCUT2D eigenvalue weighted by molar-refractivity contribution is 5.76. The Bertz CT molecular complexity index is 594. The maximum absolute atomic E-state index is 12.3. The first-order chi connectivity index (χ1) is 13.5. The predicted octanol–water partition coefficient (Wildman–Crippen LogP) is 4.04. The minimum absolute atomic E-state index is 0.151. The Balaban J connectivity index is 1.79. The molecule has 2 rings (SSSR count). The van der Waals surface area contributed by atoms with Gasteiger partial charge in [-0.05, 0) is 68.8 Å². The first-order valence-electron chi connectivity index (χ1n) is 10.9. The molecule has 28 heavy (non-hydrogen) atoms. The maximum Gasteiger partial charge on any atom is 0.220 e. The third kappa shape index (κ3) is 7.34. The molecule has 0 aliphatic heterocycles. The molecule has 158 valence electrons. The quantitative estimate of drug-likeness (QED) is 0.619. The summed E-state index contributed by atoms with van der Waals surface area (Å²) in [5.41, 5.74) is 1.10. The van der Waals surface area contributed by atoms with Crippen molar-refractivity contribution in [2.24, 2.45) is 5.92 Å². The van der Waals surface area contributed by atoms with Crippen LogP contribution in [0.3, 0.4) is 0 Å². The van der Waals surface area contributed by atoms with Crippen LogP contribution in [0.15, 0.2) is 18.2 Å². The number of ether oxygens (including phenoxy) is 2. The maximum atomic E-state index is 12.3. The predicted molar refractivity (Wildman–Crippen MR) is 114 cm³/mol. The molecule has 1 aromatic carbocycles. The molecule has 1 amide bonds. The van der Waals surface area contributed by atoms with E-state index in [9.17, 15) is 4.79 Å². The molecule has 0 heterocycles. The second-order valence-corrected chi connectivity index (χ2v) is 7.88. The molecule has 1 aromatic rings. The van der Waals surface area contributed by atoms with Crippen LogP contribution in [0, 0.1) is 5.92 Å². The summed E-state index contributed by atoms with van der Waals surface area (Å²) in [5.74, 6) is 2.45. The lowest BCUT2D eigenvalue weighted by Gasteiger charge is -2.26. The number of rotatable bonds is 11. The van der Waals surface area contributed by atoms with Crippen molar-refractivity contribution in [3.8, 4) is 11.5 Å². The van der Waals surface area contributed by atoms with E-state index in [0.717, 1.165) is 55.5 Å². The van der Waals surface area contributed by atoms with Gasteiger partial charge < -0.3 is 19.7 Å². The molecule has 0 unspecified atom stereocenters. The third-order valence-corrected chi connectivity index (χ3v) is 5.81. The van der Waals surface area contributed by atoms with E-state index in [4.69, 9.17) is 9.47 Å². The van der Waals surface area contributed by atoms with Gasteiger partial charge >= 0.3 is 0 Å². The number of amides is 1. The zero-order chi connectivity index (χ0) is 20.4. The molecular formula is C23H38N2O3. The number of hydrogen-bond acceptors (Lipinski definition) is 4. The molecule has 0 radical (unpaired) electrons. The SMILES string of the molecule is CCN(CC)CCOc1ccc(CCC(=O)NC2CCC(C)CC2)cc1OC. The van der Waals surface area contributed by atoms with Crippen molar-refractivity contribution in [2.75, 3.05) is 33.4 Å². The Morgan fingerprint density at radius 1 is 1.14 bits per heavy atom. The Kier molecular flexibility index (Phi) is 9.62. The van der Waals surface area contributed by atoms with Crippen molar-refractivity contribution in [2.45, 2.75) is 65.3 Å². The van der Waals surface area contributed by atoms with Crippen LogP contribution in [-0.4, -0.2) is 50.2 Å². The number of nitrogens with one attached hydrogen (secondary N) is 1. The van der Waals surface area contributed by atoms with Gasteiger partial charge in [-0.1, -0.05) is 26.8 Å². The summed E-state index contributed by atoms with van der Waals surface area (Å²) in [6.45, 7) is 10.2. The number of carbonyl (C=O) groups is 1. The fourth-order valence-corrected chi connectivity index (χ4v) is 3.77. The van der Waals surface area contributed by atoms with Crippen molar-refractivity contribution in [1.82, 2.24) is 10.2 Å². The highest BCUT2D eigenvalue weighted by Crippen LogP contribution is 2.28. The molecule has 5 heteroatoms. The summed E-state index contributed by atoms with van der Waals surface area (Å²) in [4.78, 5) is 14.6. The van der Waals surface area contributed by atoms with E-state index in [1.54, 1.807) is 7.11 Å². The molecule has 1 fully saturated rings.